The third-order valence-corrected chi connectivity index (χ3v) is 2.63. The smallest absolute Gasteiger partial charge is 0.322 e. The van der Waals surface area contributed by atoms with Crippen LogP contribution in [0.2, 0.25) is 5.28 Å². The minimum Gasteiger partial charge on any atom is -0.461 e. The van der Waals surface area contributed by atoms with Crippen molar-refractivity contribution >= 4 is 22.6 Å². The van der Waals surface area contributed by atoms with E-state index >= 15 is 0 Å². The van der Waals surface area contributed by atoms with Crippen LogP contribution in [0.1, 0.15) is 13.8 Å². The number of aromatic nitrogens is 6. The second-order valence-corrected chi connectivity index (χ2v) is 4.68. The molecule has 0 aliphatic carbocycles. The number of para-hydroxylation sites is 1. The summed E-state index contributed by atoms with van der Waals surface area (Å²) in [4.78, 5) is 12.2. The highest BCUT2D eigenvalue weighted by Crippen LogP contribution is 2.16. The van der Waals surface area contributed by atoms with Crippen molar-refractivity contribution in [1.82, 2.24) is 29.9 Å². The van der Waals surface area contributed by atoms with Crippen molar-refractivity contribution in [3.05, 3.63) is 29.5 Å². The van der Waals surface area contributed by atoms with Gasteiger partial charge in [0, 0.05) is 0 Å². The summed E-state index contributed by atoms with van der Waals surface area (Å²) >= 11 is 5.90. The van der Waals surface area contributed by atoms with Crippen LogP contribution in [0, 0.1) is 0 Å². The molecule has 0 unspecified atom stereocenters. The Hall–Kier alpha value is -2.28. The zero-order chi connectivity index (χ0) is 14.1. The van der Waals surface area contributed by atoms with E-state index in [0.717, 1.165) is 11.0 Å². The van der Waals surface area contributed by atoms with Crippen LogP contribution in [0.15, 0.2) is 24.3 Å². The summed E-state index contributed by atoms with van der Waals surface area (Å²) in [5.41, 5.74) is 1.53. The highest BCUT2D eigenvalue weighted by Gasteiger charge is 2.13. The van der Waals surface area contributed by atoms with E-state index in [0.29, 0.717) is 0 Å². The predicted molar refractivity (Wildman–Crippen MR) is 73.0 cm³/mol. The molecular formula is C12H11ClN6O. The molecule has 8 heteroatoms. The zero-order valence-electron chi connectivity index (χ0n) is 10.9. The summed E-state index contributed by atoms with van der Waals surface area (Å²) < 4.78 is 6.93. The van der Waals surface area contributed by atoms with Crippen LogP contribution in [0.5, 0.6) is 6.01 Å². The molecule has 3 rings (SSSR count). The van der Waals surface area contributed by atoms with E-state index in [9.17, 15) is 0 Å². The fourth-order valence-corrected chi connectivity index (χ4v) is 1.84. The lowest BCUT2D eigenvalue weighted by Gasteiger charge is -2.08. The molecule has 0 N–H and O–H groups in total. The summed E-state index contributed by atoms with van der Waals surface area (Å²) in [5.74, 6) is 0.273. The van der Waals surface area contributed by atoms with Crippen molar-refractivity contribution in [1.29, 1.82) is 0 Å². The quantitative estimate of drug-likeness (QED) is 0.734. The number of fused-ring (bicyclic) bond motifs is 1. The van der Waals surface area contributed by atoms with Crippen molar-refractivity contribution < 1.29 is 4.74 Å². The second kappa shape index (κ2) is 5.01. The molecule has 0 aliphatic heterocycles. The molecule has 2 heterocycles. The van der Waals surface area contributed by atoms with Crippen molar-refractivity contribution in [2.45, 2.75) is 20.0 Å². The number of hydrogen-bond acceptors (Lipinski definition) is 6. The molecule has 0 fully saturated rings. The van der Waals surface area contributed by atoms with E-state index in [1.54, 1.807) is 0 Å². The molecule has 0 spiro atoms. The Morgan fingerprint density at radius 2 is 1.95 bits per heavy atom. The maximum absolute atomic E-state index is 5.90. The monoisotopic (exact) mass is 290 g/mol. The van der Waals surface area contributed by atoms with E-state index in [1.807, 2.05) is 38.1 Å². The lowest BCUT2D eigenvalue weighted by atomic mass is 10.3. The van der Waals surface area contributed by atoms with Gasteiger partial charge in [0.15, 0.2) is 0 Å². The average molecular weight is 291 g/mol. The SMILES string of the molecule is CC(C)Oc1nc(Cl)nc(-n2nnc3ccccc32)n1. The molecule has 0 radical (unpaired) electrons. The standard InChI is InChI=1S/C12H11ClN6O/c1-7(2)20-12-15-10(13)14-11(16-12)19-9-6-4-3-5-8(9)17-18-19/h3-7H,1-2H3. The molecule has 102 valence electrons. The van der Waals surface area contributed by atoms with Crippen LogP contribution in [0.4, 0.5) is 0 Å². The first kappa shape index (κ1) is 12.7. The first-order valence-corrected chi connectivity index (χ1v) is 6.40. The van der Waals surface area contributed by atoms with Gasteiger partial charge in [-0.1, -0.05) is 17.3 Å². The van der Waals surface area contributed by atoms with Gasteiger partial charge in [0.25, 0.3) is 5.95 Å². The maximum atomic E-state index is 5.90. The third kappa shape index (κ3) is 2.39. The summed E-state index contributed by atoms with van der Waals surface area (Å²) in [6.45, 7) is 3.75. The molecule has 0 saturated heterocycles. The van der Waals surface area contributed by atoms with E-state index in [-0.39, 0.29) is 23.3 Å². The van der Waals surface area contributed by atoms with Gasteiger partial charge in [0.05, 0.1) is 11.6 Å². The largest absolute Gasteiger partial charge is 0.461 e. The van der Waals surface area contributed by atoms with Crippen LogP contribution in [-0.4, -0.2) is 36.0 Å². The lowest BCUT2D eigenvalue weighted by molar-refractivity contribution is 0.221. The molecular weight excluding hydrogens is 280 g/mol. The second-order valence-electron chi connectivity index (χ2n) is 4.34. The molecule has 0 aliphatic rings. The summed E-state index contributed by atoms with van der Waals surface area (Å²) in [7, 11) is 0. The van der Waals surface area contributed by atoms with Gasteiger partial charge in [-0.15, -0.1) is 5.10 Å². The first-order chi connectivity index (χ1) is 9.63. The number of halogens is 1. The molecule has 0 atom stereocenters. The van der Waals surface area contributed by atoms with Crippen LogP contribution in [0.25, 0.3) is 17.0 Å². The van der Waals surface area contributed by atoms with Crippen molar-refractivity contribution in [2.24, 2.45) is 0 Å². The van der Waals surface area contributed by atoms with Crippen molar-refractivity contribution in [2.75, 3.05) is 0 Å². The molecule has 0 saturated carbocycles. The highest BCUT2D eigenvalue weighted by molar-refractivity contribution is 6.28. The number of nitrogens with zero attached hydrogens (tertiary/aromatic N) is 6. The average Bonchev–Trinajstić information content (AvgIpc) is 2.80. The van der Waals surface area contributed by atoms with Gasteiger partial charge in [0.2, 0.25) is 5.28 Å². The normalized spacial score (nSPS) is 11.2. The molecule has 7 nitrogen and oxygen atoms in total. The Morgan fingerprint density at radius 1 is 1.15 bits per heavy atom. The molecule has 0 amide bonds. The Labute approximate surface area is 119 Å². The van der Waals surface area contributed by atoms with Crippen LogP contribution < -0.4 is 4.74 Å². The topological polar surface area (TPSA) is 78.6 Å². The number of benzene rings is 1. The zero-order valence-corrected chi connectivity index (χ0v) is 11.6. The van der Waals surface area contributed by atoms with E-state index in [2.05, 4.69) is 25.3 Å². The molecule has 20 heavy (non-hydrogen) atoms. The van der Waals surface area contributed by atoms with Gasteiger partial charge in [0.1, 0.15) is 5.52 Å². The summed E-state index contributed by atoms with van der Waals surface area (Å²) in [6, 6.07) is 7.66. The van der Waals surface area contributed by atoms with Gasteiger partial charge < -0.3 is 4.74 Å². The Morgan fingerprint density at radius 3 is 2.75 bits per heavy atom. The number of ether oxygens (including phenoxy) is 1. The fraction of sp³-hybridized carbons (Fsp3) is 0.250. The molecule has 2 aromatic heterocycles. The van der Waals surface area contributed by atoms with Crippen LogP contribution in [0.3, 0.4) is 0 Å². The van der Waals surface area contributed by atoms with Gasteiger partial charge in [-0.05, 0) is 37.6 Å². The first-order valence-electron chi connectivity index (χ1n) is 6.02. The lowest BCUT2D eigenvalue weighted by Crippen LogP contribution is -2.12. The highest BCUT2D eigenvalue weighted by atomic mass is 35.5. The fourth-order valence-electron chi connectivity index (χ4n) is 1.70. The molecule has 0 bridgehead atoms. The summed E-state index contributed by atoms with van der Waals surface area (Å²) in [5, 5.41) is 8.12. The van der Waals surface area contributed by atoms with E-state index < -0.39 is 0 Å². The minimum absolute atomic E-state index is 0.0465. The van der Waals surface area contributed by atoms with Gasteiger partial charge >= 0.3 is 6.01 Å². The van der Waals surface area contributed by atoms with Gasteiger partial charge in [-0.3, -0.25) is 0 Å². The minimum atomic E-state index is -0.0613. The Balaban J connectivity index is 2.11. The van der Waals surface area contributed by atoms with Gasteiger partial charge in [-0.2, -0.15) is 19.6 Å². The van der Waals surface area contributed by atoms with Crippen LogP contribution in [-0.2, 0) is 0 Å². The van der Waals surface area contributed by atoms with Crippen LogP contribution >= 0.6 is 11.6 Å². The maximum Gasteiger partial charge on any atom is 0.322 e. The molecule has 3 aromatic rings. The van der Waals surface area contributed by atoms with Crippen molar-refractivity contribution in [3.8, 4) is 12.0 Å². The molecule has 1 aromatic carbocycles. The Bertz CT molecular complexity index is 757. The number of rotatable bonds is 3. The Kier molecular flexibility index (Phi) is 3.19. The number of hydrogen-bond donors (Lipinski definition) is 0. The van der Waals surface area contributed by atoms with Gasteiger partial charge in [-0.25, -0.2) is 0 Å². The van der Waals surface area contributed by atoms with Crippen molar-refractivity contribution in [3.63, 3.8) is 0 Å². The summed E-state index contributed by atoms with van der Waals surface area (Å²) in [6.07, 6.45) is -0.0613. The predicted octanol–water partition coefficient (Wildman–Crippen LogP) is 2.05. The van der Waals surface area contributed by atoms with E-state index in [4.69, 9.17) is 16.3 Å². The van der Waals surface area contributed by atoms with E-state index in [1.165, 1.54) is 4.68 Å². The third-order valence-electron chi connectivity index (χ3n) is 2.46.